The second-order valence-corrected chi connectivity index (χ2v) is 10.4. The lowest BCUT2D eigenvalue weighted by Crippen LogP contribution is -2.49. The summed E-state index contributed by atoms with van der Waals surface area (Å²) in [6.07, 6.45) is 0.903. The number of hydrogen-bond donors (Lipinski definition) is 0. The summed E-state index contributed by atoms with van der Waals surface area (Å²) in [6.45, 7) is 1.37. The predicted octanol–water partition coefficient (Wildman–Crippen LogP) is 3.98. The Hall–Kier alpha value is -2.41. The molecular formula is C23H21ClN2O3S. The van der Waals surface area contributed by atoms with Crippen molar-refractivity contribution in [3.05, 3.63) is 87.8 Å². The third-order valence-electron chi connectivity index (χ3n) is 6.11. The van der Waals surface area contributed by atoms with Crippen LogP contribution in [0.2, 0.25) is 5.02 Å². The fourth-order valence-corrected chi connectivity index (χ4v) is 6.40. The highest BCUT2D eigenvalue weighted by atomic mass is 35.5. The molecule has 5 rings (SSSR count). The molecule has 2 bridgehead atoms. The Kier molecular flexibility index (Phi) is 4.81. The SMILES string of the molecule is O=c1c(-c2ccc(Cl)cc2)ccc2n1C[C@H]1C[C@@H]2CN(S(=O)(=O)c2ccccc2)C1. The molecule has 0 radical (unpaired) electrons. The first kappa shape index (κ1) is 19.5. The van der Waals surface area contributed by atoms with Crippen LogP contribution < -0.4 is 5.56 Å². The number of aromatic nitrogens is 1. The van der Waals surface area contributed by atoms with Crippen molar-refractivity contribution in [3.8, 4) is 11.1 Å². The van der Waals surface area contributed by atoms with Crippen molar-refractivity contribution in [2.75, 3.05) is 13.1 Å². The minimum Gasteiger partial charge on any atom is -0.311 e. The summed E-state index contributed by atoms with van der Waals surface area (Å²) in [5.41, 5.74) is 2.37. The standard InChI is InChI=1S/C23H21ClN2O3S/c24-19-8-6-17(7-9-19)21-10-11-22-18-12-16(14-26(22)23(21)27)13-25(15-18)30(28,29)20-4-2-1-3-5-20/h1-11,16,18H,12-15H2/t16-,18+/m0/s1. The van der Waals surface area contributed by atoms with Crippen LogP contribution >= 0.6 is 11.6 Å². The van der Waals surface area contributed by atoms with Crippen LogP contribution in [-0.2, 0) is 16.6 Å². The quantitative estimate of drug-likeness (QED) is 0.619. The van der Waals surface area contributed by atoms with Gasteiger partial charge in [-0.2, -0.15) is 4.31 Å². The number of pyridine rings is 1. The van der Waals surface area contributed by atoms with Crippen LogP contribution in [0.15, 0.2) is 76.4 Å². The van der Waals surface area contributed by atoms with Gasteiger partial charge in [0, 0.05) is 41.8 Å². The monoisotopic (exact) mass is 440 g/mol. The van der Waals surface area contributed by atoms with Crippen molar-refractivity contribution in [3.63, 3.8) is 0 Å². The topological polar surface area (TPSA) is 59.4 Å². The zero-order chi connectivity index (χ0) is 20.9. The molecule has 0 amide bonds. The van der Waals surface area contributed by atoms with Gasteiger partial charge in [-0.3, -0.25) is 4.79 Å². The molecule has 0 aliphatic carbocycles. The summed E-state index contributed by atoms with van der Waals surface area (Å²) in [4.78, 5) is 13.5. The molecule has 1 aromatic heterocycles. The van der Waals surface area contributed by atoms with E-state index < -0.39 is 10.0 Å². The van der Waals surface area contributed by atoms with E-state index in [1.54, 1.807) is 40.7 Å². The minimum absolute atomic E-state index is 0.0166. The van der Waals surface area contributed by atoms with Crippen LogP contribution in [0.4, 0.5) is 0 Å². The zero-order valence-electron chi connectivity index (χ0n) is 16.2. The highest BCUT2D eigenvalue weighted by Gasteiger charge is 2.39. The molecule has 5 nitrogen and oxygen atoms in total. The maximum atomic E-state index is 13.2. The van der Waals surface area contributed by atoms with Crippen molar-refractivity contribution in [1.82, 2.24) is 8.87 Å². The van der Waals surface area contributed by atoms with E-state index in [1.165, 1.54) is 0 Å². The summed E-state index contributed by atoms with van der Waals surface area (Å²) < 4.78 is 29.6. The van der Waals surface area contributed by atoms with E-state index in [0.717, 1.165) is 17.7 Å². The van der Waals surface area contributed by atoms with Gasteiger partial charge in [0.05, 0.1) is 4.90 Å². The molecule has 2 aromatic carbocycles. The Morgan fingerprint density at radius 3 is 2.33 bits per heavy atom. The number of halogens is 1. The van der Waals surface area contributed by atoms with Crippen LogP contribution in [0.1, 0.15) is 18.0 Å². The highest BCUT2D eigenvalue weighted by molar-refractivity contribution is 7.89. The van der Waals surface area contributed by atoms with E-state index in [1.807, 2.05) is 34.9 Å². The van der Waals surface area contributed by atoms with E-state index in [-0.39, 0.29) is 17.4 Å². The van der Waals surface area contributed by atoms with Crippen LogP contribution in [0.3, 0.4) is 0 Å². The average molecular weight is 441 g/mol. The molecule has 1 fully saturated rings. The van der Waals surface area contributed by atoms with Crippen molar-refractivity contribution < 1.29 is 8.42 Å². The van der Waals surface area contributed by atoms with Gasteiger partial charge >= 0.3 is 0 Å². The molecule has 30 heavy (non-hydrogen) atoms. The molecular weight excluding hydrogens is 420 g/mol. The highest BCUT2D eigenvalue weighted by Crippen LogP contribution is 2.37. The van der Waals surface area contributed by atoms with Gasteiger partial charge in [0.25, 0.3) is 5.56 Å². The smallest absolute Gasteiger partial charge is 0.258 e. The van der Waals surface area contributed by atoms with Gasteiger partial charge in [0.2, 0.25) is 10.0 Å². The Morgan fingerprint density at radius 2 is 1.60 bits per heavy atom. The maximum absolute atomic E-state index is 13.2. The molecule has 0 N–H and O–H groups in total. The summed E-state index contributed by atoms with van der Waals surface area (Å²) >= 11 is 5.98. The number of nitrogens with zero attached hydrogens (tertiary/aromatic N) is 2. The van der Waals surface area contributed by atoms with E-state index in [2.05, 4.69) is 0 Å². The van der Waals surface area contributed by atoms with Gasteiger partial charge in [-0.25, -0.2) is 8.42 Å². The minimum atomic E-state index is -3.54. The molecule has 3 aromatic rings. The zero-order valence-corrected chi connectivity index (χ0v) is 17.8. The second-order valence-electron chi connectivity index (χ2n) is 8.03. The van der Waals surface area contributed by atoms with E-state index >= 15 is 0 Å². The number of sulfonamides is 1. The number of piperidine rings is 1. The average Bonchev–Trinajstić information content (AvgIpc) is 2.76. The summed E-state index contributed by atoms with van der Waals surface area (Å²) in [5.74, 6) is 0.135. The third kappa shape index (κ3) is 3.29. The van der Waals surface area contributed by atoms with Crippen molar-refractivity contribution in [2.45, 2.75) is 23.8 Å². The van der Waals surface area contributed by atoms with E-state index in [0.29, 0.717) is 35.1 Å². The molecule has 2 atom stereocenters. The van der Waals surface area contributed by atoms with Gasteiger partial charge in [0.1, 0.15) is 0 Å². The molecule has 1 saturated heterocycles. The Labute approximate surface area is 180 Å². The van der Waals surface area contributed by atoms with E-state index in [9.17, 15) is 13.2 Å². The van der Waals surface area contributed by atoms with Crippen LogP contribution in [-0.4, -0.2) is 30.4 Å². The first-order valence-corrected chi connectivity index (χ1v) is 11.8. The largest absolute Gasteiger partial charge is 0.311 e. The van der Waals surface area contributed by atoms with Gasteiger partial charge < -0.3 is 4.57 Å². The first-order chi connectivity index (χ1) is 14.4. The Bertz CT molecular complexity index is 1250. The number of hydrogen-bond acceptors (Lipinski definition) is 3. The van der Waals surface area contributed by atoms with Gasteiger partial charge in [-0.15, -0.1) is 0 Å². The fourth-order valence-electron chi connectivity index (χ4n) is 4.69. The molecule has 2 aliphatic heterocycles. The van der Waals surface area contributed by atoms with Crippen LogP contribution in [0, 0.1) is 5.92 Å². The molecule has 3 heterocycles. The molecule has 7 heteroatoms. The third-order valence-corrected chi connectivity index (χ3v) is 8.20. The molecule has 0 saturated carbocycles. The van der Waals surface area contributed by atoms with Crippen LogP contribution in [0.5, 0.6) is 0 Å². The molecule has 2 aliphatic rings. The lowest BCUT2D eigenvalue weighted by molar-refractivity contribution is 0.186. The van der Waals surface area contributed by atoms with Gasteiger partial charge in [-0.1, -0.05) is 41.9 Å². The second kappa shape index (κ2) is 7.38. The van der Waals surface area contributed by atoms with Gasteiger partial charge in [0.15, 0.2) is 0 Å². The molecule has 0 unspecified atom stereocenters. The fraction of sp³-hybridized carbons (Fsp3) is 0.261. The predicted molar refractivity (Wildman–Crippen MR) is 117 cm³/mol. The lowest BCUT2D eigenvalue weighted by Gasteiger charge is -2.42. The van der Waals surface area contributed by atoms with E-state index in [4.69, 9.17) is 11.6 Å². The molecule has 154 valence electrons. The van der Waals surface area contributed by atoms with Crippen molar-refractivity contribution in [1.29, 1.82) is 0 Å². The maximum Gasteiger partial charge on any atom is 0.258 e. The summed E-state index contributed by atoms with van der Waals surface area (Å²) in [6, 6.07) is 19.7. The van der Waals surface area contributed by atoms with Gasteiger partial charge in [-0.05, 0) is 54.3 Å². The first-order valence-electron chi connectivity index (χ1n) is 9.98. The Balaban J connectivity index is 1.50. The lowest BCUT2D eigenvalue weighted by atomic mass is 9.84. The van der Waals surface area contributed by atoms with Crippen molar-refractivity contribution >= 4 is 21.6 Å². The number of fused-ring (bicyclic) bond motifs is 4. The summed E-state index contributed by atoms with van der Waals surface area (Å²) in [7, 11) is -3.54. The Morgan fingerprint density at radius 1 is 0.867 bits per heavy atom. The van der Waals surface area contributed by atoms with Crippen LogP contribution in [0.25, 0.3) is 11.1 Å². The van der Waals surface area contributed by atoms with Crippen molar-refractivity contribution in [2.24, 2.45) is 5.92 Å². The number of benzene rings is 2. The number of rotatable bonds is 3. The normalized spacial score (nSPS) is 21.2. The summed E-state index contributed by atoms with van der Waals surface area (Å²) in [5, 5.41) is 0.631. The molecule has 0 spiro atoms.